The van der Waals surface area contributed by atoms with Crippen LogP contribution in [0.1, 0.15) is 5.56 Å². The van der Waals surface area contributed by atoms with Crippen molar-refractivity contribution in [2.24, 2.45) is 0 Å². The Morgan fingerprint density at radius 3 is 1.28 bits per heavy atom. The summed E-state index contributed by atoms with van der Waals surface area (Å²) in [7, 11) is -1.50. The van der Waals surface area contributed by atoms with Crippen LogP contribution in [-0.2, 0) is 0 Å². The Kier molecular flexibility index (Phi) is 6.28. The van der Waals surface area contributed by atoms with Crippen LogP contribution in [0.2, 0.25) is 19.6 Å². The molecule has 2 nitrogen and oxygen atoms in total. The minimum Gasteiger partial charge on any atom is -0.456 e. The van der Waals surface area contributed by atoms with Crippen molar-refractivity contribution in [3.05, 3.63) is 151 Å². The van der Waals surface area contributed by atoms with Crippen molar-refractivity contribution in [2.45, 2.75) is 26.6 Å². The zero-order chi connectivity index (χ0) is 35.6. The topological polar surface area (TPSA) is 18.5 Å². The summed E-state index contributed by atoms with van der Waals surface area (Å²) in [5, 5.41) is 11.1. The Morgan fingerprint density at radius 1 is 0.358 bits per heavy atom. The molecule has 0 atom stereocenters. The summed E-state index contributed by atoms with van der Waals surface area (Å²) in [6, 6.07) is 53.6. The molecule has 2 aliphatic heterocycles. The molecule has 11 rings (SSSR count). The molecule has 252 valence electrons. The molecule has 0 spiro atoms. The van der Waals surface area contributed by atoms with Gasteiger partial charge in [0.15, 0.2) is 0 Å². The van der Waals surface area contributed by atoms with Crippen LogP contribution in [0, 0.1) is 6.92 Å². The molecular weight excluding hydrogens is 661 g/mol. The lowest BCUT2D eigenvalue weighted by atomic mass is 9.82. The van der Waals surface area contributed by atoms with Crippen molar-refractivity contribution < 1.29 is 9.47 Å². The van der Waals surface area contributed by atoms with Crippen molar-refractivity contribution >= 4 is 56.4 Å². The van der Waals surface area contributed by atoms with Gasteiger partial charge in [-0.25, -0.2) is 0 Å². The average molecular weight is 697 g/mol. The van der Waals surface area contributed by atoms with Crippen LogP contribution in [0.3, 0.4) is 0 Å². The van der Waals surface area contributed by atoms with E-state index in [0.29, 0.717) is 0 Å². The van der Waals surface area contributed by atoms with Crippen molar-refractivity contribution in [1.29, 1.82) is 0 Å². The Bertz CT molecular complexity index is 3000. The molecule has 0 bridgehead atoms. The maximum atomic E-state index is 6.74. The van der Waals surface area contributed by atoms with Crippen LogP contribution in [0.25, 0.3) is 87.6 Å². The predicted molar refractivity (Wildman–Crippen MR) is 226 cm³/mol. The van der Waals surface area contributed by atoms with E-state index in [0.717, 1.165) is 34.1 Å². The van der Waals surface area contributed by atoms with E-state index in [9.17, 15) is 0 Å². The van der Waals surface area contributed by atoms with Gasteiger partial charge in [-0.3, -0.25) is 0 Å². The standard InChI is InChI=1S/C50H36O2Si/c1-29-19-21-31-33-15-9-17-39-41(23-25-43(49(33)39)51-45(31)27-29)47-35-11-5-7-13-37(35)48(38-14-8-6-12-36(38)47)42-24-26-44-50-34(16-10-18-40(42)50)32-22-20-30(53(2,3)4)28-46(32)52-44/h5-28H,1-4H3. The maximum absolute atomic E-state index is 6.74. The molecular formula is C50H36O2Si. The van der Waals surface area contributed by atoms with Gasteiger partial charge in [0.2, 0.25) is 0 Å². The van der Waals surface area contributed by atoms with Gasteiger partial charge >= 0.3 is 0 Å². The van der Waals surface area contributed by atoms with Crippen molar-refractivity contribution in [2.75, 3.05) is 0 Å². The molecule has 0 saturated heterocycles. The van der Waals surface area contributed by atoms with Crippen LogP contribution in [0.4, 0.5) is 0 Å². The molecule has 0 aliphatic carbocycles. The molecule has 0 saturated carbocycles. The van der Waals surface area contributed by atoms with E-state index in [2.05, 4.69) is 172 Å². The largest absolute Gasteiger partial charge is 0.456 e. The molecule has 9 aromatic rings. The summed E-state index contributed by atoms with van der Waals surface area (Å²) in [6.07, 6.45) is 0. The smallest absolute Gasteiger partial charge is 0.135 e. The third-order valence-corrected chi connectivity index (χ3v) is 13.5. The number of hydrogen-bond acceptors (Lipinski definition) is 2. The van der Waals surface area contributed by atoms with Gasteiger partial charge in [0.25, 0.3) is 0 Å². The molecule has 2 aliphatic rings. The lowest BCUT2D eigenvalue weighted by Gasteiger charge is -2.26. The average Bonchev–Trinajstić information content (AvgIpc) is 3.17. The first kappa shape index (κ1) is 30.5. The molecule has 2 heterocycles. The summed E-state index contributed by atoms with van der Waals surface area (Å²) in [4.78, 5) is 0. The van der Waals surface area contributed by atoms with Crippen LogP contribution in [0.5, 0.6) is 23.0 Å². The van der Waals surface area contributed by atoms with Gasteiger partial charge in [-0.05, 0) is 115 Å². The summed E-state index contributed by atoms with van der Waals surface area (Å²) in [6.45, 7) is 9.28. The van der Waals surface area contributed by atoms with Gasteiger partial charge < -0.3 is 9.47 Å². The van der Waals surface area contributed by atoms with Gasteiger partial charge in [-0.15, -0.1) is 0 Å². The van der Waals surface area contributed by atoms with Crippen molar-refractivity contribution in [1.82, 2.24) is 0 Å². The van der Waals surface area contributed by atoms with E-state index in [1.54, 1.807) is 0 Å². The van der Waals surface area contributed by atoms with Gasteiger partial charge in [0, 0.05) is 21.9 Å². The second kappa shape index (κ2) is 10.9. The monoisotopic (exact) mass is 696 g/mol. The molecule has 0 amide bonds. The summed E-state index contributed by atoms with van der Waals surface area (Å²) in [5.41, 5.74) is 10.9. The second-order valence-corrected chi connectivity index (χ2v) is 20.8. The third-order valence-electron chi connectivity index (χ3n) is 11.5. The normalized spacial score (nSPS) is 12.8. The van der Waals surface area contributed by atoms with Crippen LogP contribution in [0.15, 0.2) is 146 Å². The highest BCUT2D eigenvalue weighted by atomic mass is 28.3. The van der Waals surface area contributed by atoms with E-state index < -0.39 is 8.07 Å². The highest BCUT2D eigenvalue weighted by Gasteiger charge is 2.27. The first-order chi connectivity index (χ1) is 25.8. The summed E-state index contributed by atoms with van der Waals surface area (Å²) >= 11 is 0. The number of hydrogen-bond donors (Lipinski definition) is 0. The Balaban J connectivity index is 1.18. The molecule has 3 heteroatoms. The Hall–Kier alpha value is -6.16. The molecule has 0 unspecified atom stereocenters. The number of ether oxygens (including phenoxy) is 2. The van der Waals surface area contributed by atoms with E-state index in [-0.39, 0.29) is 0 Å². The fourth-order valence-electron chi connectivity index (χ4n) is 8.98. The van der Waals surface area contributed by atoms with E-state index in [4.69, 9.17) is 9.47 Å². The molecule has 0 fully saturated rings. The molecule has 53 heavy (non-hydrogen) atoms. The number of fused-ring (bicyclic) bond motifs is 6. The van der Waals surface area contributed by atoms with Gasteiger partial charge in [0.05, 0.1) is 8.07 Å². The minimum atomic E-state index is -1.50. The maximum Gasteiger partial charge on any atom is 0.135 e. The Labute approximate surface area is 309 Å². The lowest BCUT2D eigenvalue weighted by molar-refractivity contribution is 0.486. The highest BCUT2D eigenvalue weighted by molar-refractivity contribution is 6.88. The first-order valence-electron chi connectivity index (χ1n) is 18.5. The SMILES string of the molecule is Cc1ccc2c(c1)Oc1ccc(-c3c4ccccc4c(-c4ccc5c6c(cccc46)-c4ccc([Si](C)(C)C)cc4O5)c4ccccc34)c3cccc-2c13. The fraction of sp³-hybridized carbons (Fsp3) is 0.0800. The van der Waals surface area contributed by atoms with E-state index in [1.807, 2.05) is 0 Å². The number of benzene rings is 9. The highest BCUT2D eigenvalue weighted by Crippen LogP contribution is 2.53. The molecule has 0 aromatic heterocycles. The quantitative estimate of drug-likeness (QED) is 0.135. The Morgan fingerprint density at radius 2 is 0.792 bits per heavy atom. The van der Waals surface area contributed by atoms with Crippen molar-refractivity contribution in [3.63, 3.8) is 0 Å². The molecule has 0 radical (unpaired) electrons. The zero-order valence-electron chi connectivity index (χ0n) is 30.2. The minimum absolute atomic E-state index is 0.909. The van der Waals surface area contributed by atoms with E-state index in [1.165, 1.54) is 87.2 Å². The van der Waals surface area contributed by atoms with E-state index >= 15 is 0 Å². The molecule has 9 aromatic carbocycles. The summed E-state index contributed by atoms with van der Waals surface area (Å²) in [5.74, 6) is 3.71. The zero-order valence-corrected chi connectivity index (χ0v) is 31.2. The lowest BCUT2D eigenvalue weighted by Crippen LogP contribution is -2.37. The van der Waals surface area contributed by atoms with Crippen LogP contribution >= 0.6 is 0 Å². The molecule has 0 N–H and O–H groups in total. The third kappa shape index (κ3) is 4.38. The summed E-state index contributed by atoms with van der Waals surface area (Å²) < 4.78 is 13.3. The second-order valence-electron chi connectivity index (χ2n) is 15.7. The van der Waals surface area contributed by atoms with Crippen LogP contribution in [-0.4, -0.2) is 8.07 Å². The predicted octanol–water partition coefficient (Wildman–Crippen LogP) is 14.0. The van der Waals surface area contributed by atoms with Crippen molar-refractivity contribution in [3.8, 4) is 67.5 Å². The van der Waals surface area contributed by atoms with Crippen LogP contribution < -0.4 is 14.7 Å². The first-order valence-corrected chi connectivity index (χ1v) is 22.0. The van der Waals surface area contributed by atoms with Gasteiger partial charge in [-0.2, -0.15) is 0 Å². The van der Waals surface area contributed by atoms with Gasteiger partial charge in [0.1, 0.15) is 23.0 Å². The van der Waals surface area contributed by atoms with Gasteiger partial charge in [-0.1, -0.05) is 134 Å². The number of aryl methyl sites for hydroxylation is 1. The number of rotatable bonds is 3. The fourth-order valence-corrected chi connectivity index (χ4v) is 10.1.